The van der Waals surface area contributed by atoms with Crippen molar-refractivity contribution < 1.29 is 28.2 Å². The van der Waals surface area contributed by atoms with Crippen LogP contribution in [0.5, 0.6) is 5.88 Å². The van der Waals surface area contributed by atoms with Crippen LogP contribution in [-0.2, 0) is 9.47 Å². The lowest BCUT2D eigenvalue weighted by atomic mass is 10.2. The molecule has 2 atom stereocenters. The molecule has 0 saturated carbocycles. The molecule has 2 aromatic rings. The van der Waals surface area contributed by atoms with Gasteiger partial charge in [0.15, 0.2) is 0 Å². The summed E-state index contributed by atoms with van der Waals surface area (Å²) < 4.78 is 29.3. The molecular weight excluding hydrogens is 381 g/mol. The largest absolute Gasteiger partial charge is 0.472 e. The first-order valence-electron chi connectivity index (χ1n) is 9.31. The number of carbonyl (C=O) groups is 2. The first-order valence-corrected chi connectivity index (χ1v) is 9.31. The SMILES string of the molecule is O=C(NCC1CN(c2ccc(F)cc2)C(=O)O1)c1ccnc(OC2CCOC2)c1. The highest BCUT2D eigenvalue weighted by Crippen LogP contribution is 2.22. The summed E-state index contributed by atoms with van der Waals surface area (Å²) in [4.78, 5) is 30.0. The molecule has 9 heteroatoms. The zero-order valence-corrected chi connectivity index (χ0v) is 15.5. The summed E-state index contributed by atoms with van der Waals surface area (Å²) in [6, 6.07) is 8.71. The minimum absolute atomic E-state index is 0.0591. The molecule has 2 saturated heterocycles. The van der Waals surface area contributed by atoms with E-state index in [-0.39, 0.29) is 30.9 Å². The summed E-state index contributed by atoms with van der Waals surface area (Å²) in [5, 5.41) is 2.75. The first-order chi connectivity index (χ1) is 14.1. The minimum atomic E-state index is -0.533. The molecule has 2 aliphatic rings. The number of amides is 2. The number of carbonyl (C=O) groups excluding carboxylic acids is 2. The second-order valence-corrected chi connectivity index (χ2v) is 6.79. The van der Waals surface area contributed by atoms with Crippen LogP contribution >= 0.6 is 0 Å². The van der Waals surface area contributed by atoms with Gasteiger partial charge >= 0.3 is 6.09 Å². The number of hydrogen-bond acceptors (Lipinski definition) is 6. The first kappa shape index (κ1) is 19.1. The number of aromatic nitrogens is 1. The predicted molar refractivity (Wildman–Crippen MR) is 100 cm³/mol. The van der Waals surface area contributed by atoms with Gasteiger partial charge in [0, 0.05) is 29.9 Å². The van der Waals surface area contributed by atoms with Crippen LogP contribution in [0.4, 0.5) is 14.9 Å². The highest BCUT2D eigenvalue weighted by Gasteiger charge is 2.32. The Labute approximate surface area is 166 Å². The minimum Gasteiger partial charge on any atom is -0.472 e. The van der Waals surface area contributed by atoms with Crippen molar-refractivity contribution in [2.45, 2.75) is 18.6 Å². The van der Waals surface area contributed by atoms with Gasteiger partial charge in [-0.3, -0.25) is 9.69 Å². The lowest BCUT2D eigenvalue weighted by Gasteiger charge is -2.13. The number of nitrogens with zero attached hydrogens (tertiary/aromatic N) is 2. The topological polar surface area (TPSA) is 90.0 Å². The Hall–Kier alpha value is -3.20. The summed E-state index contributed by atoms with van der Waals surface area (Å²) in [7, 11) is 0. The van der Waals surface area contributed by atoms with Gasteiger partial charge in [-0.15, -0.1) is 0 Å². The van der Waals surface area contributed by atoms with Crippen LogP contribution in [0.15, 0.2) is 42.6 Å². The number of nitrogens with one attached hydrogen (secondary N) is 1. The molecule has 4 rings (SSSR count). The molecule has 1 aromatic heterocycles. The van der Waals surface area contributed by atoms with Crippen molar-refractivity contribution in [1.82, 2.24) is 10.3 Å². The van der Waals surface area contributed by atoms with Gasteiger partial charge in [0.1, 0.15) is 18.0 Å². The summed E-state index contributed by atoms with van der Waals surface area (Å²) >= 11 is 0. The van der Waals surface area contributed by atoms with Gasteiger partial charge in [0.25, 0.3) is 5.91 Å². The van der Waals surface area contributed by atoms with Crippen molar-refractivity contribution in [2.24, 2.45) is 0 Å². The fourth-order valence-electron chi connectivity index (χ4n) is 3.16. The molecule has 1 N–H and O–H groups in total. The molecule has 2 amide bonds. The molecule has 2 aliphatic heterocycles. The summed E-state index contributed by atoms with van der Waals surface area (Å²) in [5.74, 6) is -0.342. The summed E-state index contributed by atoms with van der Waals surface area (Å²) in [5.41, 5.74) is 0.936. The highest BCUT2D eigenvalue weighted by atomic mass is 19.1. The van der Waals surface area contributed by atoms with E-state index in [9.17, 15) is 14.0 Å². The molecule has 0 radical (unpaired) electrons. The third-order valence-corrected chi connectivity index (χ3v) is 4.68. The lowest BCUT2D eigenvalue weighted by molar-refractivity contribution is 0.0914. The highest BCUT2D eigenvalue weighted by molar-refractivity contribution is 5.94. The summed E-state index contributed by atoms with van der Waals surface area (Å²) in [6.45, 7) is 1.57. The van der Waals surface area contributed by atoms with E-state index in [1.165, 1.54) is 35.4 Å². The van der Waals surface area contributed by atoms with Crippen LogP contribution in [0.3, 0.4) is 0 Å². The van der Waals surface area contributed by atoms with Crippen molar-refractivity contribution >= 4 is 17.7 Å². The summed E-state index contributed by atoms with van der Waals surface area (Å²) in [6.07, 6.45) is 1.19. The third kappa shape index (κ3) is 4.62. The van der Waals surface area contributed by atoms with E-state index < -0.39 is 12.2 Å². The fraction of sp³-hybridized carbons (Fsp3) is 0.350. The smallest absolute Gasteiger partial charge is 0.414 e. The van der Waals surface area contributed by atoms with Gasteiger partial charge in [-0.2, -0.15) is 0 Å². The van der Waals surface area contributed by atoms with Crippen molar-refractivity contribution in [3.8, 4) is 5.88 Å². The monoisotopic (exact) mass is 401 g/mol. The normalized spacial score (nSPS) is 21.1. The second kappa shape index (κ2) is 8.44. The average Bonchev–Trinajstić information content (AvgIpc) is 3.36. The number of cyclic esters (lactones) is 1. The maximum atomic E-state index is 13.1. The van der Waals surface area contributed by atoms with E-state index in [2.05, 4.69) is 10.3 Å². The van der Waals surface area contributed by atoms with Crippen LogP contribution in [0.25, 0.3) is 0 Å². The zero-order valence-electron chi connectivity index (χ0n) is 15.5. The molecule has 1 aromatic carbocycles. The predicted octanol–water partition coefficient (Wildman–Crippen LogP) is 2.14. The van der Waals surface area contributed by atoms with Gasteiger partial charge in [-0.05, 0) is 30.3 Å². The Morgan fingerprint density at radius 3 is 2.90 bits per heavy atom. The number of pyridine rings is 1. The molecule has 0 bridgehead atoms. The Kier molecular flexibility index (Phi) is 5.57. The number of ether oxygens (including phenoxy) is 3. The van der Waals surface area contributed by atoms with E-state index in [1.807, 2.05) is 0 Å². The van der Waals surface area contributed by atoms with Gasteiger partial charge < -0.3 is 19.5 Å². The van der Waals surface area contributed by atoms with E-state index in [0.29, 0.717) is 30.3 Å². The van der Waals surface area contributed by atoms with E-state index >= 15 is 0 Å². The van der Waals surface area contributed by atoms with Crippen molar-refractivity contribution in [3.63, 3.8) is 0 Å². The Balaban J connectivity index is 1.31. The molecule has 0 spiro atoms. The molecule has 3 heterocycles. The number of benzene rings is 1. The van der Waals surface area contributed by atoms with Crippen LogP contribution in [0.2, 0.25) is 0 Å². The maximum Gasteiger partial charge on any atom is 0.414 e. The zero-order chi connectivity index (χ0) is 20.2. The van der Waals surface area contributed by atoms with Crippen molar-refractivity contribution in [2.75, 3.05) is 31.2 Å². The Morgan fingerprint density at radius 1 is 1.31 bits per heavy atom. The number of halogens is 1. The molecule has 29 heavy (non-hydrogen) atoms. The Bertz CT molecular complexity index is 886. The van der Waals surface area contributed by atoms with E-state index in [4.69, 9.17) is 14.2 Å². The van der Waals surface area contributed by atoms with E-state index in [1.54, 1.807) is 12.1 Å². The lowest BCUT2D eigenvalue weighted by Crippen LogP contribution is -2.34. The standard InChI is InChI=1S/C20H20FN3O5/c21-14-1-3-15(4-2-14)24-11-17(29-20(24)26)10-23-19(25)13-5-7-22-18(9-13)28-16-6-8-27-12-16/h1-5,7,9,16-17H,6,8,10-12H2,(H,23,25). The fourth-order valence-corrected chi connectivity index (χ4v) is 3.16. The van der Waals surface area contributed by atoms with E-state index in [0.717, 1.165) is 6.42 Å². The molecular formula is C20H20FN3O5. The van der Waals surface area contributed by atoms with Crippen molar-refractivity contribution in [3.05, 3.63) is 54.0 Å². The second-order valence-electron chi connectivity index (χ2n) is 6.79. The Morgan fingerprint density at radius 2 is 2.14 bits per heavy atom. The molecule has 2 unspecified atom stereocenters. The van der Waals surface area contributed by atoms with Crippen LogP contribution in [0, 0.1) is 5.82 Å². The quantitative estimate of drug-likeness (QED) is 0.798. The van der Waals surface area contributed by atoms with Gasteiger partial charge in [0.2, 0.25) is 5.88 Å². The van der Waals surface area contributed by atoms with Crippen LogP contribution in [0.1, 0.15) is 16.8 Å². The van der Waals surface area contributed by atoms with Gasteiger partial charge in [-0.1, -0.05) is 0 Å². The molecule has 152 valence electrons. The third-order valence-electron chi connectivity index (χ3n) is 4.68. The van der Waals surface area contributed by atoms with Crippen molar-refractivity contribution in [1.29, 1.82) is 0 Å². The molecule has 8 nitrogen and oxygen atoms in total. The molecule has 2 fully saturated rings. The van der Waals surface area contributed by atoms with Crippen LogP contribution in [-0.4, -0.2) is 55.5 Å². The maximum absolute atomic E-state index is 13.1. The average molecular weight is 401 g/mol. The number of hydrogen-bond donors (Lipinski definition) is 1. The van der Waals surface area contributed by atoms with Gasteiger partial charge in [0.05, 0.1) is 26.3 Å². The van der Waals surface area contributed by atoms with Gasteiger partial charge in [-0.25, -0.2) is 14.2 Å². The van der Waals surface area contributed by atoms with Crippen LogP contribution < -0.4 is 15.0 Å². The number of anilines is 1. The molecule has 0 aliphatic carbocycles. The number of rotatable bonds is 6.